The van der Waals surface area contributed by atoms with Gasteiger partial charge < -0.3 is 4.74 Å². The summed E-state index contributed by atoms with van der Waals surface area (Å²) in [7, 11) is 1.36. The first-order chi connectivity index (χ1) is 7.74. The first-order valence-corrected chi connectivity index (χ1v) is 5.22. The third kappa shape index (κ3) is 1.89. The van der Waals surface area contributed by atoms with Gasteiger partial charge in [0.2, 0.25) is 0 Å². The zero-order valence-corrected chi connectivity index (χ0v) is 9.36. The molecule has 0 fully saturated rings. The van der Waals surface area contributed by atoms with Gasteiger partial charge in [-0.15, -0.1) is 0 Å². The van der Waals surface area contributed by atoms with Gasteiger partial charge in [0.1, 0.15) is 5.69 Å². The molecule has 3 nitrogen and oxygen atoms in total. The fraction of sp³-hybridized carbons (Fsp3) is 0.231. The predicted molar refractivity (Wildman–Crippen MR) is 62.5 cm³/mol. The lowest BCUT2D eigenvalue weighted by atomic mass is 10.1. The Hall–Kier alpha value is -1.90. The molecule has 0 N–H and O–H groups in total. The van der Waals surface area contributed by atoms with Crippen molar-refractivity contribution in [2.45, 2.75) is 13.3 Å². The second-order valence-electron chi connectivity index (χ2n) is 3.57. The van der Waals surface area contributed by atoms with Crippen LogP contribution in [0.4, 0.5) is 0 Å². The number of esters is 1. The van der Waals surface area contributed by atoms with Crippen LogP contribution in [0.5, 0.6) is 0 Å². The van der Waals surface area contributed by atoms with Crippen LogP contribution in [-0.2, 0) is 11.2 Å². The summed E-state index contributed by atoms with van der Waals surface area (Å²) in [6, 6.07) is 9.63. The molecular weight excluding hydrogens is 202 g/mol. The number of nitrogens with zero attached hydrogens (tertiary/aromatic N) is 1. The van der Waals surface area contributed by atoms with Crippen LogP contribution < -0.4 is 0 Å². The summed E-state index contributed by atoms with van der Waals surface area (Å²) >= 11 is 0. The zero-order chi connectivity index (χ0) is 11.5. The smallest absolute Gasteiger partial charge is 0.356 e. The van der Waals surface area contributed by atoms with Gasteiger partial charge in [-0.05, 0) is 30.2 Å². The molecule has 0 amide bonds. The van der Waals surface area contributed by atoms with Gasteiger partial charge in [0.25, 0.3) is 0 Å². The largest absolute Gasteiger partial charge is 0.464 e. The molecule has 2 aromatic rings. The lowest BCUT2D eigenvalue weighted by Gasteiger charge is -2.03. The summed E-state index contributed by atoms with van der Waals surface area (Å²) < 4.78 is 4.63. The minimum atomic E-state index is -0.401. The molecule has 0 saturated carbocycles. The second-order valence-corrected chi connectivity index (χ2v) is 3.57. The average molecular weight is 215 g/mol. The Bertz CT molecular complexity index is 534. The third-order valence-electron chi connectivity index (χ3n) is 2.56. The predicted octanol–water partition coefficient (Wildman–Crippen LogP) is 2.58. The van der Waals surface area contributed by atoms with E-state index in [-0.39, 0.29) is 0 Å². The molecule has 0 aliphatic rings. The standard InChI is InChI=1S/C13H13NO2/c1-3-9-4-6-11-10(8-9)5-7-12(14-11)13(15)16-2/h4-8H,3H2,1-2H3. The maximum atomic E-state index is 11.3. The monoisotopic (exact) mass is 215 g/mol. The SMILES string of the molecule is CCc1ccc2nc(C(=O)OC)ccc2c1. The van der Waals surface area contributed by atoms with E-state index in [2.05, 4.69) is 22.7 Å². The first kappa shape index (κ1) is 10.6. The van der Waals surface area contributed by atoms with E-state index in [1.165, 1.54) is 12.7 Å². The Morgan fingerprint density at radius 1 is 1.31 bits per heavy atom. The second kappa shape index (κ2) is 4.31. The Morgan fingerprint density at radius 3 is 2.81 bits per heavy atom. The van der Waals surface area contributed by atoms with Crippen molar-refractivity contribution in [2.24, 2.45) is 0 Å². The fourth-order valence-electron chi connectivity index (χ4n) is 1.61. The number of carbonyl (C=O) groups is 1. The molecule has 0 bridgehead atoms. The minimum absolute atomic E-state index is 0.347. The molecule has 82 valence electrons. The van der Waals surface area contributed by atoms with Crippen LogP contribution in [0.3, 0.4) is 0 Å². The molecule has 16 heavy (non-hydrogen) atoms. The lowest BCUT2D eigenvalue weighted by molar-refractivity contribution is 0.0594. The summed E-state index contributed by atoms with van der Waals surface area (Å²) in [4.78, 5) is 15.5. The quantitative estimate of drug-likeness (QED) is 0.723. The third-order valence-corrected chi connectivity index (χ3v) is 2.56. The summed E-state index contributed by atoms with van der Waals surface area (Å²) in [5, 5.41) is 1.05. The number of benzene rings is 1. The Kier molecular flexibility index (Phi) is 2.86. The van der Waals surface area contributed by atoms with E-state index in [0.717, 1.165) is 17.3 Å². The van der Waals surface area contributed by atoms with Gasteiger partial charge in [-0.25, -0.2) is 9.78 Å². The topological polar surface area (TPSA) is 39.2 Å². The number of ether oxygens (including phenoxy) is 1. The molecule has 0 unspecified atom stereocenters. The number of pyridine rings is 1. The van der Waals surface area contributed by atoms with Crippen molar-refractivity contribution in [3.05, 3.63) is 41.6 Å². The first-order valence-electron chi connectivity index (χ1n) is 5.22. The summed E-state index contributed by atoms with van der Waals surface area (Å²) in [5.41, 5.74) is 2.43. The zero-order valence-electron chi connectivity index (χ0n) is 9.36. The Morgan fingerprint density at radius 2 is 2.12 bits per heavy atom. The molecule has 0 saturated heterocycles. The van der Waals surface area contributed by atoms with Crippen LogP contribution >= 0.6 is 0 Å². The van der Waals surface area contributed by atoms with Crippen molar-refractivity contribution in [1.29, 1.82) is 0 Å². The van der Waals surface area contributed by atoms with Gasteiger partial charge >= 0.3 is 5.97 Å². The molecule has 0 aliphatic heterocycles. The molecule has 1 aromatic carbocycles. The van der Waals surface area contributed by atoms with E-state index in [9.17, 15) is 4.79 Å². The highest BCUT2D eigenvalue weighted by atomic mass is 16.5. The van der Waals surface area contributed by atoms with Crippen molar-refractivity contribution in [2.75, 3.05) is 7.11 Å². The molecule has 0 aliphatic carbocycles. The molecule has 0 spiro atoms. The average Bonchev–Trinajstić information content (AvgIpc) is 2.36. The van der Waals surface area contributed by atoms with E-state index in [0.29, 0.717) is 5.69 Å². The van der Waals surface area contributed by atoms with Crippen LogP contribution in [0, 0.1) is 0 Å². The summed E-state index contributed by atoms with van der Waals surface area (Å²) in [6.45, 7) is 2.11. The van der Waals surface area contributed by atoms with Gasteiger partial charge in [-0.2, -0.15) is 0 Å². The molecule has 1 heterocycles. The van der Waals surface area contributed by atoms with Crippen molar-refractivity contribution in [3.63, 3.8) is 0 Å². The van der Waals surface area contributed by atoms with Gasteiger partial charge in [-0.3, -0.25) is 0 Å². The summed E-state index contributed by atoms with van der Waals surface area (Å²) in [5.74, 6) is -0.401. The lowest BCUT2D eigenvalue weighted by Crippen LogP contribution is -2.03. The number of hydrogen-bond donors (Lipinski definition) is 0. The van der Waals surface area contributed by atoms with Crippen molar-refractivity contribution in [1.82, 2.24) is 4.98 Å². The Balaban J connectivity index is 2.51. The molecule has 3 heteroatoms. The van der Waals surface area contributed by atoms with E-state index >= 15 is 0 Å². The molecular formula is C13H13NO2. The Labute approximate surface area is 94.1 Å². The number of fused-ring (bicyclic) bond motifs is 1. The molecule has 0 atom stereocenters. The highest BCUT2D eigenvalue weighted by Crippen LogP contribution is 2.15. The number of hydrogen-bond acceptors (Lipinski definition) is 3. The van der Waals surface area contributed by atoms with E-state index in [4.69, 9.17) is 0 Å². The van der Waals surface area contributed by atoms with Crippen LogP contribution in [0.15, 0.2) is 30.3 Å². The van der Waals surface area contributed by atoms with Crippen LogP contribution in [0.2, 0.25) is 0 Å². The highest BCUT2D eigenvalue weighted by molar-refractivity contribution is 5.91. The maximum Gasteiger partial charge on any atom is 0.356 e. The summed E-state index contributed by atoms with van der Waals surface area (Å²) in [6.07, 6.45) is 0.995. The van der Waals surface area contributed by atoms with Gasteiger partial charge in [0.15, 0.2) is 0 Å². The van der Waals surface area contributed by atoms with Crippen LogP contribution in [-0.4, -0.2) is 18.1 Å². The van der Waals surface area contributed by atoms with Gasteiger partial charge in [0, 0.05) is 5.39 Å². The number of aryl methyl sites for hydroxylation is 1. The van der Waals surface area contributed by atoms with Crippen LogP contribution in [0.1, 0.15) is 23.0 Å². The number of methoxy groups -OCH3 is 1. The van der Waals surface area contributed by atoms with E-state index < -0.39 is 5.97 Å². The normalized spacial score (nSPS) is 10.4. The number of rotatable bonds is 2. The van der Waals surface area contributed by atoms with Gasteiger partial charge in [-0.1, -0.05) is 19.1 Å². The van der Waals surface area contributed by atoms with Crippen LogP contribution in [0.25, 0.3) is 10.9 Å². The molecule has 1 aromatic heterocycles. The molecule has 0 radical (unpaired) electrons. The van der Waals surface area contributed by atoms with E-state index in [1.54, 1.807) is 6.07 Å². The van der Waals surface area contributed by atoms with Gasteiger partial charge in [0.05, 0.1) is 12.6 Å². The number of carbonyl (C=O) groups excluding carboxylic acids is 1. The van der Waals surface area contributed by atoms with Crippen molar-refractivity contribution in [3.8, 4) is 0 Å². The maximum absolute atomic E-state index is 11.3. The minimum Gasteiger partial charge on any atom is -0.464 e. The highest BCUT2D eigenvalue weighted by Gasteiger charge is 2.07. The van der Waals surface area contributed by atoms with Crippen molar-refractivity contribution < 1.29 is 9.53 Å². The number of aromatic nitrogens is 1. The van der Waals surface area contributed by atoms with Crippen molar-refractivity contribution >= 4 is 16.9 Å². The van der Waals surface area contributed by atoms with E-state index in [1.807, 2.05) is 18.2 Å². The fourth-order valence-corrected chi connectivity index (χ4v) is 1.61. The molecule has 2 rings (SSSR count).